The lowest BCUT2D eigenvalue weighted by molar-refractivity contribution is -0.135. The highest BCUT2D eigenvalue weighted by Crippen LogP contribution is 2.32. The molecule has 0 heterocycles. The molecule has 2 N–H and O–H groups in total. The molecule has 2 atom stereocenters. The van der Waals surface area contributed by atoms with E-state index in [1.54, 1.807) is 4.90 Å². The molecular weight excluding hydrogens is 208 g/mol. The number of rotatable bonds is 4. The lowest BCUT2D eigenvalue weighted by Gasteiger charge is -2.23. The van der Waals surface area contributed by atoms with Gasteiger partial charge in [-0.1, -0.05) is 25.6 Å². The molecule has 1 fully saturated rings. The van der Waals surface area contributed by atoms with Crippen LogP contribution in [0.15, 0.2) is 0 Å². The van der Waals surface area contributed by atoms with Crippen LogP contribution in [0.2, 0.25) is 0 Å². The maximum absolute atomic E-state index is 12.0. The Kier molecular flexibility index (Phi) is 4.51. The van der Waals surface area contributed by atoms with E-state index in [1.807, 2.05) is 7.05 Å². The van der Waals surface area contributed by atoms with E-state index in [0.717, 1.165) is 6.42 Å². The molecule has 0 radical (unpaired) electrons. The Balaban J connectivity index is 2.41. The van der Waals surface area contributed by atoms with E-state index in [0.29, 0.717) is 23.9 Å². The molecular formula is C11H20N2OS. The third-order valence-corrected chi connectivity index (χ3v) is 3.45. The summed E-state index contributed by atoms with van der Waals surface area (Å²) >= 11 is 4.80. The van der Waals surface area contributed by atoms with Crippen LogP contribution < -0.4 is 5.73 Å². The summed E-state index contributed by atoms with van der Waals surface area (Å²) in [6.45, 7) is 2.81. The van der Waals surface area contributed by atoms with E-state index >= 15 is 0 Å². The van der Waals surface area contributed by atoms with Crippen molar-refractivity contribution < 1.29 is 4.79 Å². The molecule has 0 aliphatic heterocycles. The van der Waals surface area contributed by atoms with Gasteiger partial charge in [-0.15, -0.1) is 0 Å². The third kappa shape index (κ3) is 3.45. The fraction of sp³-hybridized carbons (Fsp3) is 0.818. The number of carbonyl (C=O) groups excluding carboxylic acids is 1. The number of hydrogen-bond donors (Lipinski definition) is 1. The Hall–Kier alpha value is -0.640. The van der Waals surface area contributed by atoms with E-state index in [9.17, 15) is 4.79 Å². The summed E-state index contributed by atoms with van der Waals surface area (Å²) in [5.41, 5.74) is 5.42. The zero-order chi connectivity index (χ0) is 11.4. The van der Waals surface area contributed by atoms with Gasteiger partial charge in [-0.2, -0.15) is 0 Å². The van der Waals surface area contributed by atoms with Crippen molar-refractivity contribution >= 4 is 23.1 Å². The summed E-state index contributed by atoms with van der Waals surface area (Å²) in [7, 11) is 1.84. The molecule has 0 bridgehead atoms. The van der Waals surface area contributed by atoms with Crippen molar-refractivity contribution in [2.24, 2.45) is 17.6 Å². The van der Waals surface area contributed by atoms with Crippen LogP contribution in [-0.2, 0) is 4.79 Å². The topological polar surface area (TPSA) is 46.3 Å². The van der Waals surface area contributed by atoms with Gasteiger partial charge in [-0.25, -0.2) is 0 Å². The van der Waals surface area contributed by atoms with Gasteiger partial charge in [0.2, 0.25) is 5.91 Å². The van der Waals surface area contributed by atoms with Gasteiger partial charge >= 0.3 is 0 Å². The van der Waals surface area contributed by atoms with Gasteiger partial charge in [0, 0.05) is 25.9 Å². The maximum atomic E-state index is 12.0. The van der Waals surface area contributed by atoms with Crippen LogP contribution in [0, 0.1) is 11.8 Å². The number of nitrogens with two attached hydrogens (primary N) is 1. The highest BCUT2D eigenvalue weighted by molar-refractivity contribution is 7.80. The highest BCUT2D eigenvalue weighted by Gasteiger charge is 2.31. The predicted octanol–water partition coefficient (Wildman–Crippen LogP) is 1.56. The van der Waals surface area contributed by atoms with E-state index in [1.165, 1.54) is 12.8 Å². The third-order valence-electron chi connectivity index (χ3n) is 3.25. The highest BCUT2D eigenvalue weighted by atomic mass is 32.1. The van der Waals surface area contributed by atoms with Gasteiger partial charge in [0.25, 0.3) is 0 Å². The van der Waals surface area contributed by atoms with Gasteiger partial charge in [0.1, 0.15) is 0 Å². The molecule has 0 aromatic carbocycles. The van der Waals surface area contributed by atoms with E-state index in [-0.39, 0.29) is 11.8 Å². The molecule has 1 rings (SSSR count). The molecule has 4 heteroatoms. The SMILES string of the molecule is CC1CCCC1C(=O)N(C)CCC(N)=S. The summed E-state index contributed by atoms with van der Waals surface area (Å²) in [5.74, 6) is 1.02. The summed E-state index contributed by atoms with van der Waals surface area (Å²) < 4.78 is 0. The Bertz CT molecular complexity index is 255. The van der Waals surface area contributed by atoms with Gasteiger partial charge in [-0.05, 0) is 18.8 Å². The standard InChI is InChI=1S/C11H20N2OS/c1-8-4-3-5-9(8)11(14)13(2)7-6-10(12)15/h8-9H,3-7H2,1-2H3,(H2,12,15). The molecule has 1 saturated carbocycles. The molecule has 1 amide bonds. The fourth-order valence-corrected chi connectivity index (χ4v) is 2.27. The monoisotopic (exact) mass is 228 g/mol. The van der Waals surface area contributed by atoms with Crippen molar-refractivity contribution in [3.8, 4) is 0 Å². The first-order valence-electron chi connectivity index (χ1n) is 5.55. The van der Waals surface area contributed by atoms with Crippen molar-refractivity contribution in [2.75, 3.05) is 13.6 Å². The fourth-order valence-electron chi connectivity index (χ4n) is 2.18. The van der Waals surface area contributed by atoms with Gasteiger partial charge < -0.3 is 10.6 Å². The zero-order valence-corrected chi connectivity index (χ0v) is 10.3. The summed E-state index contributed by atoms with van der Waals surface area (Å²) in [6.07, 6.45) is 4.02. The second-order valence-electron chi connectivity index (χ2n) is 4.49. The summed E-state index contributed by atoms with van der Waals surface area (Å²) in [6, 6.07) is 0. The van der Waals surface area contributed by atoms with Crippen molar-refractivity contribution in [3.05, 3.63) is 0 Å². The first-order valence-corrected chi connectivity index (χ1v) is 5.96. The average molecular weight is 228 g/mol. The molecule has 1 aliphatic carbocycles. The second-order valence-corrected chi connectivity index (χ2v) is 5.02. The summed E-state index contributed by atoms with van der Waals surface area (Å²) in [4.78, 5) is 14.3. The smallest absolute Gasteiger partial charge is 0.225 e. The first kappa shape index (κ1) is 12.4. The summed E-state index contributed by atoms with van der Waals surface area (Å²) in [5, 5.41) is 0. The molecule has 2 unspecified atom stereocenters. The second kappa shape index (κ2) is 5.45. The minimum absolute atomic E-state index is 0.223. The van der Waals surface area contributed by atoms with Gasteiger partial charge in [-0.3, -0.25) is 4.79 Å². The van der Waals surface area contributed by atoms with E-state index < -0.39 is 0 Å². The Labute approximate surface area is 97.0 Å². The molecule has 15 heavy (non-hydrogen) atoms. The van der Waals surface area contributed by atoms with Crippen LogP contribution >= 0.6 is 12.2 Å². The number of amides is 1. The maximum Gasteiger partial charge on any atom is 0.225 e. The minimum Gasteiger partial charge on any atom is -0.393 e. The lowest BCUT2D eigenvalue weighted by atomic mass is 9.97. The first-order chi connectivity index (χ1) is 7.02. The molecule has 0 saturated heterocycles. The van der Waals surface area contributed by atoms with Crippen LogP contribution in [-0.4, -0.2) is 29.4 Å². The van der Waals surface area contributed by atoms with Crippen molar-refractivity contribution in [1.29, 1.82) is 0 Å². The van der Waals surface area contributed by atoms with Crippen LogP contribution in [0.1, 0.15) is 32.6 Å². The predicted molar refractivity (Wildman–Crippen MR) is 65.5 cm³/mol. The van der Waals surface area contributed by atoms with E-state index in [2.05, 4.69) is 6.92 Å². The van der Waals surface area contributed by atoms with Gasteiger partial charge in [0.15, 0.2) is 0 Å². The van der Waals surface area contributed by atoms with Crippen LogP contribution in [0.25, 0.3) is 0 Å². The normalized spacial score (nSPS) is 25.2. The van der Waals surface area contributed by atoms with Crippen LogP contribution in [0.5, 0.6) is 0 Å². The van der Waals surface area contributed by atoms with Crippen LogP contribution in [0.4, 0.5) is 0 Å². The largest absolute Gasteiger partial charge is 0.393 e. The Morgan fingerprint density at radius 1 is 1.53 bits per heavy atom. The Morgan fingerprint density at radius 2 is 2.20 bits per heavy atom. The lowest BCUT2D eigenvalue weighted by Crippen LogP contribution is -2.35. The quantitative estimate of drug-likeness (QED) is 0.743. The van der Waals surface area contributed by atoms with Crippen LogP contribution in [0.3, 0.4) is 0 Å². The minimum atomic E-state index is 0.223. The van der Waals surface area contributed by atoms with E-state index in [4.69, 9.17) is 18.0 Å². The van der Waals surface area contributed by atoms with Crippen molar-refractivity contribution in [3.63, 3.8) is 0 Å². The van der Waals surface area contributed by atoms with Gasteiger partial charge in [0.05, 0.1) is 4.99 Å². The molecule has 3 nitrogen and oxygen atoms in total. The number of nitrogens with zero attached hydrogens (tertiary/aromatic N) is 1. The average Bonchev–Trinajstić information content (AvgIpc) is 2.59. The zero-order valence-electron chi connectivity index (χ0n) is 9.53. The molecule has 0 aromatic rings. The molecule has 0 spiro atoms. The molecule has 1 aliphatic rings. The van der Waals surface area contributed by atoms with Crippen molar-refractivity contribution in [1.82, 2.24) is 4.90 Å². The molecule has 0 aromatic heterocycles. The number of thiocarbonyl (C=S) groups is 1. The van der Waals surface area contributed by atoms with Crippen molar-refractivity contribution in [2.45, 2.75) is 32.6 Å². The Morgan fingerprint density at radius 3 is 2.67 bits per heavy atom. The number of hydrogen-bond acceptors (Lipinski definition) is 2. The molecule has 86 valence electrons. The number of carbonyl (C=O) groups is 1.